The zero-order chi connectivity index (χ0) is 12.6. The molecule has 90 valence electrons. The molecule has 0 aliphatic heterocycles. The SMILES string of the molecule is COC(=O)c1cnn2c(C(F)F)cc(C)nc12. The molecular formula is C10H9F2N3O2. The molecule has 2 heterocycles. The minimum atomic E-state index is -2.69. The number of alkyl halides is 2. The number of hydrogen-bond acceptors (Lipinski definition) is 4. The van der Waals surface area contributed by atoms with Gasteiger partial charge in [-0.3, -0.25) is 0 Å². The zero-order valence-electron chi connectivity index (χ0n) is 9.15. The van der Waals surface area contributed by atoms with Gasteiger partial charge in [-0.1, -0.05) is 0 Å². The van der Waals surface area contributed by atoms with E-state index in [2.05, 4.69) is 14.8 Å². The summed E-state index contributed by atoms with van der Waals surface area (Å²) in [6.07, 6.45) is -1.52. The van der Waals surface area contributed by atoms with E-state index in [4.69, 9.17) is 0 Å². The van der Waals surface area contributed by atoms with Crippen LogP contribution >= 0.6 is 0 Å². The number of esters is 1. The number of aromatic nitrogens is 3. The van der Waals surface area contributed by atoms with Crippen molar-refractivity contribution in [2.24, 2.45) is 0 Å². The van der Waals surface area contributed by atoms with Gasteiger partial charge in [-0.05, 0) is 13.0 Å². The van der Waals surface area contributed by atoms with Crippen LogP contribution in [0.1, 0.15) is 28.2 Å². The van der Waals surface area contributed by atoms with Crippen LogP contribution in [0.25, 0.3) is 5.65 Å². The standard InChI is InChI=1S/C10H9F2N3O2/c1-5-3-7(8(11)12)15-9(14-5)6(4-13-15)10(16)17-2/h3-4,8H,1-2H3. The normalized spacial score (nSPS) is 11.1. The second-order valence-corrected chi connectivity index (χ2v) is 3.41. The number of halogens is 2. The Morgan fingerprint density at radius 1 is 1.53 bits per heavy atom. The van der Waals surface area contributed by atoms with E-state index < -0.39 is 12.4 Å². The number of methoxy groups -OCH3 is 1. The number of aryl methyl sites for hydroxylation is 1. The minimum Gasteiger partial charge on any atom is -0.465 e. The van der Waals surface area contributed by atoms with Crippen molar-refractivity contribution in [3.63, 3.8) is 0 Å². The first kappa shape index (κ1) is 11.4. The topological polar surface area (TPSA) is 56.5 Å². The number of hydrogen-bond donors (Lipinski definition) is 0. The van der Waals surface area contributed by atoms with Crippen molar-refractivity contribution in [2.45, 2.75) is 13.3 Å². The number of rotatable bonds is 2. The van der Waals surface area contributed by atoms with Crippen molar-refractivity contribution in [3.8, 4) is 0 Å². The molecule has 0 radical (unpaired) electrons. The third-order valence-corrected chi connectivity index (χ3v) is 2.26. The molecule has 0 spiro atoms. The zero-order valence-corrected chi connectivity index (χ0v) is 9.15. The van der Waals surface area contributed by atoms with E-state index >= 15 is 0 Å². The predicted molar refractivity (Wildman–Crippen MR) is 54.0 cm³/mol. The highest BCUT2D eigenvalue weighted by Gasteiger charge is 2.20. The number of fused-ring (bicyclic) bond motifs is 1. The van der Waals surface area contributed by atoms with Crippen molar-refractivity contribution < 1.29 is 18.3 Å². The van der Waals surface area contributed by atoms with Crippen molar-refractivity contribution in [1.82, 2.24) is 14.6 Å². The molecule has 0 unspecified atom stereocenters. The molecule has 0 saturated heterocycles. The van der Waals surface area contributed by atoms with Crippen LogP contribution in [-0.2, 0) is 4.74 Å². The van der Waals surface area contributed by atoms with Crippen molar-refractivity contribution in [3.05, 3.63) is 29.2 Å². The van der Waals surface area contributed by atoms with Crippen LogP contribution in [0.3, 0.4) is 0 Å². The van der Waals surface area contributed by atoms with Gasteiger partial charge in [0.2, 0.25) is 0 Å². The first-order valence-electron chi connectivity index (χ1n) is 4.76. The molecule has 7 heteroatoms. The van der Waals surface area contributed by atoms with E-state index in [0.29, 0.717) is 5.69 Å². The molecule has 0 aromatic carbocycles. The van der Waals surface area contributed by atoms with Gasteiger partial charge in [0.15, 0.2) is 5.65 Å². The number of carbonyl (C=O) groups excluding carboxylic acids is 1. The van der Waals surface area contributed by atoms with Crippen molar-refractivity contribution in [2.75, 3.05) is 7.11 Å². The van der Waals surface area contributed by atoms with Gasteiger partial charge in [0.25, 0.3) is 6.43 Å². The highest BCUT2D eigenvalue weighted by atomic mass is 19.3. The number of carbonyl (C=O) groups is 1. The summed E-state index contributed by atoms with van der Waals surface area (Å²) in [5.41, 5.74) is 0.228. The summed E-state index contributed by atoms with van der Waals surface area (Å²) in [6.45, 7) is 1.57. The summed E-state index contributed by atoms with van der Waals surface area (Å²) in [5, 5.41) is 3.72. The fraction of sp³-hybridized carbons (Fsp3) is 0.300. The van der Waals surface area contributed by atoms with Gasteiger partial charge < -0.3 is 4.74 Å². The Balaban J connectivity index is 2.73. The van der Waals surface area contributed by atoms with Crippen LogP contribution in [0.4, 0.5) is 8.78 Å². The Morgan fingerprint density at radius 3 is 2.82 bits per heavy atom. The Labute approximate surface area is 95.0 Å². The summed E-state index contributed by atoms with van der Waals surface area (Å²) < 4.78 is 31.0. The lowest BCUT2D eigenvalue weighted by molar-refractivity contribution is 0.0602. The Kier molecular flexibility index (Phi) is 2.74. The van der Waals surface area contributed by atoms with E-state index in [9.17, 15) is 13.6 Å². The van der Waals surface area contributed by atoms with Crippen LogP contribution in [0.15, 0.2) is 12.3 Å². The fourth-order valence-corrected chi connectivity index (χ4v) is 1.52. The van der Waals surface area contributed by atoms with E-state index in [0.717, 1.165) is 4.52 Å². The molecule has 0 aliphatic rings. The maximum atomic E-state index is 12.8. The highest BCUT2D eigenvalue weighted by molar-refractivity contribution is 5.95. The molecule has 2 aromatic rings. The lowest BCUT2D eigenvalue weighted by Gasteiger charge is -2.05. The quantitative estimate of drug-likeness (QED) is 0.752. The summed E-state index contributed by atoms with van der Waals surface area (Å²) in [4.78, 5) is 15.4. The monoisotopic (exact) mass is 241 g/mol. The summed E-state index contributed by atoms with van der Waals surface area (Å²) in [7, 11) is 1.20. The third-order valence-electron chi connectivity index (χ3n) is 2.26. The summed E-state index contributed by atoms with van der Waals surface area (Å²) in [5.74, 6) is -0.654. The van der Waals surface area contributed by atoms with Crippen LogP contribution in [0, 0.1) is 6.92 Å². The molecule has 0 bridgehead atoms. The molecule has 2 aromatic heterocycles. The molecule has 0 atom stereocenters. The van der Waals surface area contributed by atoms with Crippen LogP contribution < -0.4 is 0 Å². The fourth-order valence-electron chi connectivity index (χ4n) is 1.52. The maximum absolute atomic E-state index is 12.8. The smallest absolute Gasteiger partial charge is 0.343 e. The van der Waals surface area contributed by atoms with Gasteiger partial charge in [-0.25, -0.2) is 23.1 Å². The van der Waals surface area contributed by atoms with E-state index in [1.807, 2.05) is 0 Å². The van der Waals surface area contributed by atoms with Crippen LogP contribution in [-0.4, -0.2) is 27.7 Å². The van der Waals surface area contributed by atoms with E-state index in [-0.39, 0.29) is 16.9 Å². The van der Waals surface area contributed by atoms with Crippen LogP contribution in [0.5, 0.6) is 0 Å². The largest absolute Gasteiger partial charge is 0.465 e. The molecule has 17 heavy (non-hydrogen) atoms. The van der Waals surface area contributed by atoms with E-state index in [1.165, 1.54) is 19.4 Å². The van der Waals surface area contributed by atoms with Crippen molar-refractivity contribution in [1.29, 1.82) is 0 Å². The minimum absolute atomic E-state index is 0.0677. The molecule has 0 aliphatic carbocycles. The van der Waals surface area contributed by atoms with E-state index in [1.54, 1.807) is 6.92 Å². The third kappa shape index (κ3) is 1.83. The molecule has 0 amide bonds. The Bertz CT molecular complexity index is 580. The van der Waals surface area contributed by atoms with Gasteiger partial charge in [0.05, 0.1) is 13.3 Å². The molecular weight excluding hydrogens is 232 g/mol. The first-order valence-corrected chi connectivity index (χ1v) is 4.76. The highest BCUT2D eigenvalue weighted by Crippen LogP contribution is 2.21. The molecule has 0 N–H and O–H groups in total. The summed E-state index contributed by atoms with van der Waals surface area (Å²) >= 11 is 0. The van der Waals surface area contributed by atoms with Crippen LogP contribution in [0.2, 0.25) is 0 Å². The Morgan fingerprint density at radius 2 is 2.24 bits per heavy atom. The maximum Gasteiger partial charge on any atom is 0.343 e. The average Bonchev–Trinajstić information content (AvgIpc) is 2.70. The average molecular weight is 241 g/mol. The molecule has 5 nitrogen and oxygen atoms in total. The van der Waals surface area contributed by atoms with Gasteiger partial charge in [-0.2, -0.15) is 5.10 Å². The van der Waals surface area contributed by atoms with Gasteiger partial charge in [-0.15, -0.1) is 0 Å². The second kappa shape index (κ2) is 4.08. The lowest BCUT2D eigenvalue weighted by atomic mass is 10.3. The lowest BCUT2D eigenvalue weighted by Crippen LogP contribution is -2.05. The molecule has 0 fully saturated rings. The van der Waals surface area contributed by atoms with Gasteiger partial charge >= 0.3 is 5.97 Å². The molecule has 2 rings (SSSR count). The number of ether oxygens (including phenoxy) is 1. The Hall–Kier alpha value is -2.05. The second-order valence-electron chi connectivity index (χ2n) is 3.41. The predicted octanol–water partition coefficient (Wildman–Crippen LogP) is 1.76. The van der Waals surface area contributed by atoms with Gasteiger partial charge in [0.1, 0.15) is 11.3 Å². The molecule has 0 saturated carbocycles. The number of nitrogens with zero attached hydrogens (tertiary/aromatic N) is 3. The first-order chi connectivity index (χ1) is 8.04. The van der Waals surface area contributed by atoms with Crippen molar-refractivity contribution >= 4 is 11.6 Å². The van der Waals surface area contributed by atoms with Gasteiger partial charge in [0, 0.05) is 5.69 Å². The summed E-state index contributed by atoms with van der Waals surface area (Å²) in [6, 6.07) is 1.23.